The van der Waals surface area contributed by atoms with Crippen LogP contribution in [-0.4, -0.2) is 29.8 Å². The van der Waals surface area contributed by atoms with E-state index in [9.17, 15) is 4.79 Å². The summed E-state index contributed by atoms with van der Waals surface area (Å²) in [4.78, 5) is 15.7. The molecule has 0 spiro atoms. The van der Waals surface area contributed by atoms with E-state index in [1.807, 2.05) is 12.1 Å². The molecule has 94 valence electrons. The Morgan fingerprint density at radius 2 is 2.18 bits per heavy atom. The minimum absolute atomic E-state index is 0.105. The number of thiophene rings is 1. The summed E-state index contributed by atoms with van der Waals surface area (Å²) >= 11 is 4.97. The molecule has 1 fully saturated rings. The van der Waals surface area contributed by atoms with Crippen molar-refractivity contribution in [1.29, 1.82) is 0 Å². The quantitative estimate of drug-likeness (QED) is 0.767. The van der Waals surface area contributed by atoms with Crippen LogP contribution in [0.1, 0.15) is 42.3 Å². The third kappa shape index (κ3) is 3.18. The van der Waals surface area contributed by atoms with Crippen molar-refractivity contribution >= 4 is 33.0 Å². The summed E-state index contributed by atoms with van der Waals surface area (Å²) in [5, 5.41) is 0. The lowest BCUT2D eigenvalue weighted by Gasteiger charge is -2.25. The molecule has 1 aromatic heterocycles. The average molecular weight is 316 g/mol. The Bertz CT molecular complexity index is 385. The van der Waals surface area contributed by atoms with Crippen molar-refractivity contribution in [3.63, 3.8) is 0 Å². The number of hydrogen-bond acceptors (Lipinski definition) is 3. The van der Waals surface area contributed by atoms with E-state index < -0.39 is 0 Å². The lowest BCUT2D eigenvalue weighted by atomic mass is 10.0. The molecule has 2 heterocycles. The van der Waals surface area contributed by atoms with Gasteiger partial charge in [0.1, 0.15) is 0 Å². The molecule has 2 rings (SSSR count). The smallest absolute Gasteiger partial charge is 0.189 e. The van der Waals surface area contributed by atoms with Crippen LogP contribution in [-0.2, 0) is 0 Å². The van der Waals surface area contributed by atoms with Crippen LogP contribution in [0, 0.1) is 0 Å². The fraction of sp³-hybridized carbons (Fsp3) is 0.615. The summed E-state index contributed by atoms with van der Waals surface area (Å²) in [5.41, 5.74) is 0. The first-order chi connectivity index (χ1) is 8.22. The molecule has 1 aliphatic rings. The van der Waals surface area contributed by atoms with Crippen molar-refractivity contribution in [2.45, 2.75) is 38.6 Å². The molecule has 1 aromatic rings. The normalized spacial score (nSPS) is 18.5. The molecule has 17 heavy (non-hydrogen) atoms. The topological polar surface area (TPSA) is 20.3 Å². The highest BCUT2D eigenvalue weighted by atomic mass is 79.9. The molecule has 0 radical (unpaired) electrons. The summed E-state index contributed by atoms with van der Waals surface area (Å²) in [7, 11) is 0. The number of likely N-dealkylation sites (tertiary alicyclic amines) is 1. The molecular formula is C13H18BrNOS. The SMILES string of the molecule is CCCC(C(=O)c1ccc(Br)s1)N1CCCC1. The largest absolute Gasteiger partial charge is 0.293 e. The Kier molecular flexibility index (Phi) is 4.77. The fourth-order valence-electron chi connectivity index (χ4n) is 2.42. The average Bonchev–Trinajstić information content (AvgIpc) is 2.95. The predicted molar refractivity (Wildman–Crippen MR) is 75.9 cm³/mol. The number of halogens is 1. The van der Waals surface area contributed by atoms with Gasteiger partial charge in [0.15, 0.2) is 5.78 Å². The van der Waals surface area contributed by atoms with Gasteiger partial charge in [0.25, 0.3) is 0 Å². The maximum absolute atomic E-state index is 12.5. The van der Waals surface area contributed by atoms with E-state index in [1.165, 1.54) is 12.8 Å². The molecule has 0 amide bonds. The van der Waals surface area contributed by atoms with Gasteiger partial charge in [-0.2, -0.15) is 0 Å². The highest BCUT2D eigenvalue weighted by Crippen LogP contribution is 2.26. The van der Waals surface area contributed by atoms with Crippen LogP contribution in [0.15, 0.2) is 15.9 Å². The molecule has 2 nitrogen and oxygen atoms in total. The van der Waals surface area contributed by atoms with E-state index in [0.29, 0.717) is 5.78 Å². The Balaban J connectivity index is 2.12. The van der Waals surface area contributed by atoms with Crippen LogP contribution in [0.2, 0.25) is 0 Å². The highest BCUT2D eigenvalue weighted by Gasteiger charge is 2.28. The molecule has 1 atom stereocenters. The zero-order valence-electron chi connectivity index (χ0n) is 10.1. The first-order valence-corrected chi connectivity index (χ1v) is 7.87. The van der Waals surface area contributed by atoms with Crippen molar-refractivity contribution in [3.8, 4) is 0 Å². The number of Topliss-reactive ketones (excluding diaryl/α,β-unsaturated/α-hetero) is 1. The Labute approximate surface area is 115 Å². The van der Waals surface area contributed by atoms with Gasteiger partial charge in [-0.15, -0.1) is 11.3 Å². The van der Waals surface area contributed by atoms with Gasteiger partial charge in [-0.3, -0.25) is 9.69 Å². The van der Waals surface area contributed by atoms with Gasteiger partial charge < -0.3 is 0 Å². The fourth-order valence-corrected chi connectivity index (χ4v) is 3.79. The third-order valence-corrected chi connectivity index (χ3v) is 4.90. The third-order valence-electron chi connectivity index (χ3n) is 3.26. The van der Waals surface area contributed by atoms with Crippen molar-refractivity contribution in [2.75, 3.05) is 13.1 Å². The van der Waals surface area contributed by atoms with E-state index in [-0.39, 0.29) is 6.04 Å². The lowest BCUT2D eigenvalue weighted by Crippen LogP contribution is -2.38. The number of hydrogen-bond donors (Lipinski definition) is 0. The van der Waals surface area contributed by atoms with Gasteiger partial charge in [-0.25, -0.2) is 0 Å². The van der Waals surface area contributed by atoms with E-state index in [0.717, 1.165) is 34.6 Å². The number of carbonyl (C=O) groups excluding carboxylic acids is 1. The maximum atomic E-state index is 12.5. The van der Waals surface area contributed by atoms with E-state index in [1.54, 1.807) is 11.3 Å². The molecule has 0 saturated carbocycles. The zero-order chi connectivity index (χ0) is 12.3. The van der Waals surface area contributed by atoms with Crippen LogP contribution >= 0.6 is 27.3 Å². The first kappa shape index (κ1) is 13.2. The second kappa shape index (κ2) is 6.12. The molecule has 0 bridgehead atoms. The van der Waals surface area contributed by atoms with Crippen LogP contribution in [0.4, 0.5) is 0 Å². The number of nitrogens with zero attached hydrogens (tertiary/aromatic N) is 1. The molecule has 0 aromatic carbocycles. The predicted octanol–water partition coefficient (Wildman–Crippen LogP) is 3.96. The van der Waals surface area contributed by atoms with Gasteiger partial charge in [-0.1, -0.05) is 13.3 Å². The van der Waals surface area contributed by atoms with E-state index in [2.05, 4.69) is 27.8 Å². The van der Waals surface area contributed by atoms with Crippen LogP contribution in [0.5, 0.6) is 0 Å². The molecular weight excluding hydrogens is 298 g/mol. The van der Waals surface area contributed by atoms with Crippen LogP contribution < -0.4 is 0 Å². The number of carbonyl (C=O) groups is 1. The first-order valence-electron chi connectivity index (χ1n) is 6.26. The number of ketones is 1. The van der Waals surface area contributed by atoms with Crippen molar-refractivity contribution in [3.05, 3.63) is 20.8 Å². The lowest BCUT2D eigenvalue weighted by molar-refractivity contribution is 0.0841. The number of rotatable bonds is 5. The molecule has 4 heteroatoms. The van der Waals surface area contributed by atoms with Gasteiger partial charge >= 0.3 is 0 Å². The van der Waals surface area contributed by atoms with Crippen LogP contribution in [0.3, 0.4) is 0 Å². The molecule has 0 N–H and O–H groups in total. The second-order valence-corrected chi connectivity index (χ2v) is 6.98. The van der Waals surface area contributed by atoms with E-state index in [4.69, 9.17) is 0 Å². The summed E-state index contributed by atoms with van der Waals surface area (Å²) in [6.45, 7) is 4.33. The Morgan fingerprint density at radius 3 is 2.71 bits per heavy atom. The minimum atomic E-state index is 0.105. The Hall–Kier alpha value is -0.190. The van der Waals surface area contributed by atoms with Crippen molar-refractivity contribution in [1.82, 2.24) is 4.90 Å². The summed E-state index contributed by atoms with van der Waals surface area (Å²) in [6, 6.07) is 4.01. The molecule has 1 aliphatic heterocycles. The van der Waals surface area contributed by atoms with Gasteiger partial charge in [0, 0.05) is 0 Å². The van der Waals surface area contributed by atoms with Crippen molar-refractivity contribution < 1.29 is 4.79 Å². The van der Waals surface area contributed by atoms with Crippen molar-refractivity contribution in [2.24, 2.45) is 0 Å². The summed E-state index contributed by atoms with van der Waals surface area (Å²) < 4.78 is 1.04. The summed E-state index contributed by atoms with van der Waals surface area (Å²) in [5.74, 6) is 0.310. The minimum Gasteiger partial charge on any atom is -0.293 e. The van der Waals surface area contributed by atoms with Crippen LogP contribution in [0.25, 0.3) is 0 Å². The monoisotopic (exact) mass is 315 g/mol. The second-order valence-electron chi connectivity index (χ2n) is 4.52. The Morgan fingerprint density at radius 1 is 1.47 bits per heavy atom. The van der Waals surface area contributed by atoms with E-state index >= 15 is 0 Å². The highest BCUT2D eigenvalue weighted by molar-refractivity contribution is 9.11. The standard InChI is InChI=1S/C13H18BrNOS/c1-2-5-10(15-8-3-4-9-15)13(16)11-6-7-12(14)17-11/h6-7,10H,2-5,8-9H2,1H3. The van der Waals surface area contributed by atoms with Gasteiger partial charge in [-0.05, 0) is 60.4 Å². The zero-order valence-corrected chi connectivity index (χ0v) is 12.5. The van der Waals surface area contributed by atoms with Gasteiger partial charge in [0.2, 0.25) is 0 Å². The molecule has 0 aliphatic carbocycles. The summed E-state index contributed by atoms with van der Waals surface area (Å²) in [6.07, 6.45) is 4.52. The van der Waals surface area contributed by atoms with Gasteiger partial charge in [0.05, 0.1) is 14.7 Å². The molecule has 1 saturated heterocycles. The maximum Gasteiger partial charge on any atom is 0.189 e. The molecule has 1 unspecified atom stereocenters.